The molecule has 4 rings (SSSR count). The van der Waals surface area contributed by atoms with E-state index in [2.05, 4.69) is 15.0 Å². The van der Waals surface area contributed by atoms with Crippen molar-refractivity contribution in [1.29, 1.82) is 0 Å². The molecule has 0 aliphatic carbocycles. The van der Waals surface area contributed by atoms with Crippen LogP contribution in [0.1, 0.15) is 17.0 Å². The van der Waals surface area contributed by atoms with Gasteiger partial charge in [-0.05, 0) is 42.3 Å². The molecule has 0 aliphatic rings. The second kappa shape index (κ2) is 8.45. The number of hydrogen-bond acceptors (Lipinski definition) is 6. The Balaban J connectivity index is 1.65. The van der Waals surface area contributed by atoms with Gasteiger partial charge in [0.15, 0.2) is 0 Å². The molecule has 0 aliphatic heterocycles. The fourth-order valence-corrected chi connectivity index (χ4v) is 3.08. The van der Waals surface area contributed by atoms with Crippen LogP contribution in [0.25, 0.3) is 23.3 Å². The molecule has 0 radical (unpaired) electrons. The summed E-state index contributed by atoms with van der Waals surface area (Å²) in [6, 6.07) is 21.3. The molecule has 0 amide bonds. The van der Waals surface area contributed by atoms with Crippen molar-refractivity contribution in [2.24, 2.45) is 0 Å². The molecule has 2 aromatic carbocycles. The van der Waals surface area contributed by atoms with E-state index in [0.717, 1.165) is 28.1 Å². The van der Waals surface area contributed by atoms with Gasteiger partial charge in [0.05, 0.1) is 5.69 Å². The van der Waals surface area contributed by atoms with Gasteiger partial charge < -0.3 is 16.2 Å². The molecule has 2 heterocycles. The number of hydrogen-bond donors (Lipinski definition) is 2. The first-order valence-electron chi connectivity index (χ1n) is 9.45. The number of aromatic nitrogens is 3. The van der Waals surface area contributed by atoms with Crippen LogP contribution in [-0.4, -0.2) is 15.0 Å². The number of ether oxygens (including phenoxy) is 1. The molecule has 4 aromatic rings. The number of nitrogens with two attached hydrogens (primary N) is 2. The van der Waals surface area contributed by atoms with Gasteiger partial charge >= 0.3 is 0 Å². The molecule has 2 aromatic heterocycles. The zero-order valence-electron chi connectivity index (χ0n) is 16.5. The minimum atomic E-state index is 0.136. The molecular formula is C24H21N5O. The third-order valence-electron chi connectivity index (χ3n) is 4.46. The molecule has 0 unspecified atom stereocenters. The molecule has 6 nitrogen and oxygen atoms in total. The van der Waals surface area contributed by atoms with Gasteiger partial charge in [0, 0.05) is 23.5 Å². The second-order valence-corrected chi connectivity index (χ2v) is 6.73. The summed E-state index contributed by atoms with van der Waals surface area (Å²) < 4.78 is 5.90. The molecule has 4 N–H and O–H groups in total. The largest absolute Gasteiger partial charge is 0.457 e. The van der Waals surface area contributed by atoms with Crippen molar-refractivity contribution in [2.75, 3.05) is 11.5 Å². The normalized spacial score (nSPS) is 11.0. The average Bonchev–Trinajstić information content (AvgIpc) is 2.74. The summed E-state index contributed by atoms with van der Waals surface area (Å²) in [5.41, 5.74) is 16.2. The van der Waals surface area contributed by atoms with Crippen LogP contribution >= 0.6 is 0 Å². The predicted octanol–water partition coefficient (Wildman–Crippen LogP) is 4.97. The van der Waals surface area contributed by atoms with Crippen LogP contribution in [0.15, 0.2) is 72.9 Å². The van der Waals surface area contributed by atoms with E-state index in [1.165, 1.54) is 0 Å². The Kier molecular flexibility index (Phi) is 5.39. The summed E-state index contributed by atoms with van der Waals surface area (Å²) >= 11 is 0. The lowest BCUT2D eigenvalue weighted by atomic mass is 10.0. The number of aryl methyl sites for hydroxylation is 1. The second-order valence-electron chi connectivity index (χ2n) is 6.73. The van der Waals surface area contributed by atoms with E-state index in [4.69, 9.17) is 16.2 Å². The van der Waals surface area contributed by atoms with Gasteiger partial charge in [0.25, 0.3) is 0 Å². The van der Waals surface area contributed by atoms with Gasteiger partial charge in [-0.1, -0.05) is 48.5 Å². The minimum Gasteiger partial charge on any atom is -0.457 e. The molecule has 30 heavy (non-hydrogen) atoms. The fraction of sp³-hybridized carbons (Fsp3) is 0.0417. The standard InChI is InChI=1S/C24H21N5O/c1-16-15-20(13-14-27-16)30-19-10-8-18(9-11-19)22-21(28-24(26)29-23(22)25)12-7-17-5-3-2-4-6-17/h2-15H,1H3,(H4,25,26,28,29). The van der Waals surface area contributed by atoms with E-state index in [-0.39, 0.29) is 5.95 Å². The van der Waals surface area contributed by atoms with E-state index < -0.39 is 0 Å². The smallest absolute Gasteiger partial charge is 0.222 e. The van der Waals surface area contributed by atoms with E-state index in [9.17, 15) is 0 Å². The zero-order valence-corrected chi connectivity index (χ0v) is 16.5. The lowest BCUT2D eigenvalue weighted by molar-refractivity contribution is 0.481. The number of nitrogens with zero attached hydrogens (tertiary/aromatic N) is 3. The highest BCUT2D eigenvalue weighted by atomic mass is 16.5. The Labute approximate surface area is 174 Å². The van der Waals surface area contributed by atoms with Crippen LogP contribution in [-0.2, 0) is 0 Å². The van der Waals surface area contributed by atoms with Crippen molar-refractivity contribution >= 4 is 23.9 Å². The maximum atomic E-state index is 6.20. The zero-order chi connectivity index (χ0) is 20.9. The SMILES string of the molecule is Cc1cc(Oc2ccc(-c3c(N)nc(N)nc3C=Cc3ccccc3)cc2)ccn1. The van der Waals surface area contributed by atoms with Crippen LogP contribution in [0, 0.1) is 6.92 Å². The number of benzene rings is 2. The van der Waals surface area contributed by atoms with Gasteiger partial charge in [-0.15, -0.1) is 0 Å². The van der Waals surface area contributed by atoms with Crippen molar-refractivity contribution in [1.82, 2.24) is 15.0 Å². The van der Waals surface area contributed by atoms with Gasteiger partial charge in [-0.25, -0.2) is 4.98 Å². The number of pyridine rings is 1. The van der Waals surface area contributed by atoms with Gasteiger partial charge in [-0.3, -0.25) is 4.98 Å². The van der Waals surface area contributed by atoms with Crippen molar-refractivity contribution in [3.8, 4) is 22.6 Å². The van der Waals surface area contributed by atoms with Crippen LogP contribution in [0.3, 0.4) is 0 Å². The lowest BCUT2D eigenvalue weighted by Gasteiger charge is -2.11. The molecule has 0 fully saturated rings. The molecule has 0 spiro atoms. The topological polar surface area (TPSA) is 99.9 Å². The van der Waals surface area contributed by atoms with Gasteiger partial charge in [0.2, 0.25) is 5.95 Å². The maximum absolute atomic E-state index is 6.20. The van der Waals surface area contributed by atoms with Crippen molar-refractivity contribution < 1.29 is 4.74 Å². The Hall–Kier alpha value is -4.19. The Morgan fingerprint density at radius 1 is 0.833 bits per heavy atom. The summed E-state index contributed by atoms with van der Waals surface area (Å²) in [7, 11) is 0. The lowest BCUT2D eigenvalue weighted by Crippen LogP contribution is -2.04. The summed E-state index contributed by atoms with van der Waals surface area (Å²) in [6.45, 7) is 1.92. The first-order chi connectivity index (χ1) is 14.6. The monoisotopic (exact) mass is 395 g/mol. The molecule has 0 atom stereocenters. The molecule has 0 saturated heterocycles. The number of nitrogen functional groups attached to an aromatic ring is 2. The molecule has 6 heteroatoms. The third-order valence-corrected chi connectivity index (χ3v) is 4.46. The van der Waals surface area contributed by atoms with Gasteiger partial charge in [0.1, 0.15) is 17.3 Å². The first-order valence-corrected chi connectivity index (χ1v) is 9.45. The summed E-state index contributed by atoms with van der Waals surface area (Å²) in [4.78, 5) is 12.7. The Morgan fingerprint density at radius 3 is 2.33 bits per heavy atom. The van der Waals surface area contributed by atoms with Crippen LogP contribution in [0.5, 0.6) is 11.5 Å². The first kappa shape index (κ1) is 19.1. The maximum Gasteiger partial charge on any atom is 0.222 e. The highest BCUT2D eigenvalue weighted by Gasteiger charge is 2.12. The number of anilines is 2. The van der Waals surface area contributed by atoms with E-state index in [1.807, 2.05) is 85.8 Å². The minimum absolute atomic E-state index is 0.136. The molecule has 148 valence electrons. The fourth-order valence-electron chi connectivity index (χ4n) is 3.08. The van der Waals surface area contributed by atoms with Crippen LogP contribution < -0.4 is 16.2 Å². The average molecular weight is 395 g/mol. The van der Waals surface area contributed by atoms with Crippen molar-refractivity contribution in [3.05, 3.63) is 89.9 Å². The summed E-state index contributed by atoms with van der Waals surface area (Å²) in [5, 5.41) is 0. The van der Waals surface area contributed by atoms with Gasteiger partial charge in [-0.2, -0.15) is 4.98 Å². The molecular weight excluding hydrogens is 374 g/mol. The highest BCUT2D eigenvalue weighted by Crippen LogP contribution is 2.32. The van der Waals surface area contributed by atoms with Crippen molar-refractivity contribution in [3.63, 3.8) is 0 Å². The van der Waals surface area contributed by atoms with E-state index in [1.54, 1.807) is 6.20 Å². The van der Waals surface area contributed by atoms with Crippen LogP contribution in [0.2, 0.25) is 0 Å². The quantitative estimate of drug-likeness (QED) is 0.495. The summed E-state index contributed by atoms with van der Waals surface area (Å²) in [6.07, 6.45) is 5.58. The third kappa shape index (κ3) is 4.44. The number of rotatable bonds is 5. The highest BCUT2D eigenvalue weighted by molar-refractivity contribution is 5.85. The van der Waals surface area contributed by atoms with Crippen molar-refractivity contribution in [2.45, 2.75) is 6.92 Å². The predicted molar refractivity (Wildman–Crippen MR) is 121 cm³/mol. The van der Waals surface area contributed by atoms with E-state index in [0.29, 0.717) is 17.3 Å². The molecule has 0 bridgehead atoms. The van der Waals surface area contributed by atoms with Crippen LogP contribution in [0.4, 0.5) is 11.8 Å². The molecule has 0 saturated carbocycles. The summed E-state index contributed by atoms with van der Waals surface area (Å²) in [5.74, 6) is 1.91. The van der Waals surface area contributed by atoms with E-state index >= 15 is 0 Å². The Morgan fingerprint density at radius 2 is 1.60 bits per heavy atom. The Bertz CT molecular complexity index is 1190.